The molecule has 0 atom stereocenters. The Balaban J connectivity index is 1.76. The minimum atomic E-state index is 0.713. The van der Waals surface area contributed by atoms with Gasteiger partial charge in [-0.3, -0.25) is 9.97 Å². The van der Waals surface area contributed by atoms with Crippen LogP contribution in [-0.2, 0) is 0 Å². The normalized spacial score (nSPS) is 15.6. The Bertz CT molecular complexity index is 796. The molecule has 4 rings (SSSR count). The zero-order valence-electron chi connectivity index (χ0n) is 13.6. The molecule has 24 heavy (non-hydrogen) atoms. The maximum atomic E-state index is 5.58. The summed E-state index contributed by atoms with van der Waals surface area (Å²) in [6, 6.07) is 3.77. The second kappa shape index (κ2) is 6.39. The number of anilines is 1. The third kappa shape index (κ3) is 2.87. The van der Waals surface area contributed by atoms with E-state index in [0.29, 0.717) is 5.76 Å². The number of nitrogens with zero attached hydrogens (tertiary/aromatic N) is 5. The van der Waals surface area contributed by atoms with Crippen molar-refractivity contribution in [2.45, 2.75) is 19.8 Å². The van der Waals surface area contributed by atoms with Crippen LogP contribution >= 0.6 is 0 Å². The molecule has 0 N–H and O–H groups in total. The lowest BCUT2D eigenvalue weighted by molar-refractivity contribution is 0.434. The van der Waals surface area contributed by atoms with Gasteiger partial charge in [0.05, 0.1) is 18.2 Å². The van der Waals surface area contributed by atoms with Crippen LogP contribution in [0.4, 0.5) is 5.95 Å². The molecular formula is C18H19N5O. The average molecular weight is 321 g/mol. The van der Waals surface area contributed by atoms with Crippen LogP contribution in [0.2, 0.25) is 0 Å². The predicted molar refractivity (Wildman–Crippen MR) is 91.4 cm³/mol. The predicted octanol–water partition coefficient (Wildman–Crippen LogP) is 3.43. The maximum absolute atomic E-state index is 5.58. The highest BCUT2D eigenvalue weighted by Gasteiger charge is 2.21. The smallest absolute Gasteiger partial charge is 0.226 e. The van der Waals surface area contributed by atoms with Crippen LogP contribution < -0.4 is 4.90 Å². The molecule has 1 aliphatic heterocycles. The zero-order valence-corrected chi connectivity index (χ0v) is 13.6. The molecule has 4 heterocycles. The van der Waals surface area contributed by atoms with Crippen LogP contribution in [0, 0.1) is 5.92 Å². The fourth-order valence-corrected chi connectivity index (χ4v) is 2.96. The van der Waals surface area contributed by atoms with Crippen molar-refractivity contribution >= 4 is 5.95 Å². The van der Waals surface area contributed by atoms with Gasteiger partial charge in [-0.25, -0.2) is 9.97 Å². The maximum Gasteiger partial charge on any atom is 0.226 e. The average Bonchev–Trinajstić information content (AvgIpc) is 3.17. The van der Waals surface area contributed by atoms with Crippen molar-refractivity contribution in [1.29, 1.82) is 0 Å². The Morgan fingerprint density at radius 2 is 2.00 bits per heavy atom. The first-order chi connectivity index (χ1) is 11.8. The minimum absolute atomic E-state index is 0.713. The number of hydrogen-bond donors (Lipinski definition) is 0. The zero-order chi connectivity index (χ0) is 16.4. The summed E-state index contributed by atoms with van der Waals surface area (Å²) < 4.78 is 5.58. The Kier molecular flexibility index (Phi) is 3.94. The summed E-state index contributed by atoms with van der Waals surface area (Å²) in [6.07, 6.45) is 10.9. The molecule has 0 saturated carbocycles. The van der Waals surface area contributed by atoms with Crippen molar-refractivity contribution in [3.63, 3.8) is 0 Å². The van der Waals surface area contributed by atoms with Gasteiger partial charge in [-0.1, -0.05) is 6.92 Å². The third-order valence-corrected chi connectivity index (χ3v) is 4.44. The van der Waals surface area contributed by atoms with Gasteiger partial charge in [0.2, 0.25) is 5.95 Å². The molecule has 0 spiro atoms. The first-order valence-corrected chi connectivity index (χ1v) is 8.23. The van der Waals surface area contributed by atoms with Gasteiger partial charge in [-0.05, 0) is 30.9 Å². The first-order valence-electron chi connectivity index (χ1n) is 8.23. The van der Waals surface area contributed by atoms with E-state index in [4.69, 9.17) is 9.40 Å². The number of hydrogen-bond acceptors (Lipinski definition) is 6. The van der Waals surface area contributed by atoms with Gasteiger partial charge < -0.3 is 9.32 Å². The minimum Gasteiger partial charge on any atom is -0.463 e. The van der Waals surface area contributed by atoms with E-state index in [0.717, 1.165) is 41.9 Å². The summed E-state index contributed by atoms with van der Waals surface area (Å²) in [6.45, 7) is 4.27. The second-order valence-corrected chi connectivity index (χ2v) is 6.17. The number of rotatable bonds is 3. The molecule has 0 amide bonds. The summed E-state index contributed by atoms with van der Waals surface area (Å²) in [4.78, 5) is 20.1. The molecule has 1 aliphatic rings. The van der Waals surface area contributed by atoms with Gasteiger partial charge in [-0.15, -0.1) is 0 Å². The molecule has 1 fully saturated rings. The SMILES string of the molecule is CC1CCN(c2ncc(-c3cnccn3)c(-c3ccco3)n2)CC1. The van der Waals surface area contributed by atoms with Crippen LogP contribution in [0.3, 0.4) is 0 Å². The van der Waals surface area contributed by atoms with E-state index in [1.807, 2.05) is 18.3 Å². The molecule has 0 bridgehead atoms. The molecule has 0 radical (unpaired) electrons. The van der Waals surface area contributed by atoms with Gasteiger partial charge >= 0.3 is 0 Å². The molecule has 3 aromatic heterocycles. The van der Waals surface area contributed by atoms with Crippen molar-refractivity contribution < 1.29 is 4.42 Å². The summed E-state index contributed by atoms with van der Waals surface area (Å²) in [5.74, 6) is 2.23. The second-order valence-electron chi connectivity index (χ2n) is 6.17. The van der Waals surface area contributed by atoms with E-state index in [1.165, 1.54) is 12.8 Å². The summed E-state index contributed by atoms with van der Waals surface area (Å²) >= 11 is 0. The largest absolute Gasteiger partial charge is 0.463 e. The lowest BCUT2D eigenvalue weighted by atomic mass is 10.00. The standard InChI is InChI=1S/C18H19N5O/c1-13-4-8-23(9-5-13)18-21-11-14(15-12-19-6-7-20-15)17(22-18)16-3-2-10-24-16/h2-3,6-7,10-13H,4-5,8-9H2,1H3. The van der Waals surface area contributed by atoms with Crippen LogP contribution in [0.15, 0.2) is 47.6 Å². The number of piperidine rings is 1. The molecule has 0 aromatic carbocycles. The van der Waals surface area contributed by atoms with Gasteiger partial charge in [0.25, 0.3) is 0 Å². The molecule has 6 heteroatoms. The van der Waals surface area contributed by atoms with Crippen LogP contribution in [0.1, 0.15) is 19.8 Å². The molecule has 0 unspecified atom stereocenters. The van der Waals surface area contributed by atoms with Crippen molar-refractivity contribution in [1.82, 2.24) is 19.9 Å². The van der Waals surface area contributed by atoms with Crippen LogP contribution in [0.25, 0.3) is 22.7 Å². The summed E-state index contributed by atoms with van der Waals surface area (Å²) in [5.41, 5.74) is 2.32. The van der Waals surface area contributed by atoms with Gasteiger partial charge in [0.1, 0.15) is 5.69 Å². The van der Waals surface area contributed by atoms with Gasteiger partial charge in [-0.2, -0.15) is 0 Å². The van der Waals surface area contributed by atoms with Gasteiger partial charge in [0, 0.05) is 37.2 Å². The monoisotopic (exact) mass is 321 g/mol. The highest BCUT2D eigenvalue weighted by Crippen LogP contribution is 2.31. The van der Waals surface area contributed by atoms with E-state index in [9.17, 15) is 0 Å². The van der Waals surface area contributed by atoms with E-state index in [2.05, 4.69) is 26.8 Å². The molecule has 122 valence electrons. The molecule has 1 saturated heterocycles. The van der Waals surface area contributed by atoms with E-state index >= 15 is 0 Å². The molecule has 6 nitrogen and oxygen atoms in total. The summed E-state index contributed by atoms with van der Waals surface area (Å²) in [7, 11) is 0. The third-order valence-electron chi connectivity index (χ3n) is 4.44. The topological polar surface area (TPSA) is 67.9 Å². The van der Waals surface area contributed by atoms with Gasteiger partial charge in [0.15, 0.2) is 5.76 Å². The van der Waals surface area contributed by atoms with E-state index in [-0.39, 0.29) is 0 Å². The summed E-state index contributed by atoms with van der Waals surface area (Å²) in [5, 5.41) is 0. The van der Waals surface area contributed by atoms with Crippen molar-refractivity contribution in [2.24, 2.45) is 5.92 Å². The highest BCUT2D eigenvalue weighted by molar-refractivity contribution is 5.76. The Morgan fingerprint density at radius 1 is 1.12 bits per heavy atom. The lowest BCUT2D eigenvalue weighted by Crippen LogP contribution is -2.34. The lowest BCUT2D eigenvalue weighted by Gasteiger charge is -2.30. The Labute approximate surface area is 140 Å². The van der Waals surface area contributed by atoms with Crippen molar-refractivity contribution in [3.8, 4) is 22.7 Å². The fourth-order valence-electron chi connectivity index (χ4n) is 2.96. The molecule has 0 aliphatic carbocycles. The van der Waals surface area contributed by atoms with Crippen LogP contribution in [-0.4, -0.2) is 33.0 Å². The Hall–Kier alpha value is -2.76. The molecular weight excluding hydrogens is 302 g/mol. The van der Waals surface area contributed by atoms with Crippen molar-refractivity contribution in [2.75, 3.05) is 18.0 Å². The number of aromatic nitrogens is 4. The number of furan rings is 1. The van der Waals surface area contributed by atoms with Crippen LogP contribution in [0.5, 0.6) is 0 Å². The first kappa shape index (κ1) is 14.8. The quantitative estimate of drug-likeness (QED) is 0.736. The van der Waals surface area contributed by atoms with E-state index < -0.39 is 0 Å². The fraction of sp³-hybridized carbons (Fsp3) is 0.333. The van der Waals surface area contributed by atoms with E-state index in [1.54, 1.807) is 24.9 Å². The Morgan fingerprint density at radius 3 is 2.71 bits per heavy atom. The van der Waals surface area contributed by atoms with Crippen molar-refractivity contribution in [3.05, 3.63) is 43.2 Å². The highest BCUT2D eigenvalue weighted by atomic mass is 16.3. The molecule has 3 aromatic rings.